The van der Waals surface area contributed by atoms with Gasteiger partial charge in [-0.05, 0) is 78.5 Å². The smallest absolute Gasteiger partial charge is 0.167 e. The molecule has 2 aliphatic carbocycles. The van der Waals surface area contributed by atoms with Crippen molar-refractivity contribution in [2.75, 3.05) is 0 Å². The molecule has 5 rings (SSSR count). The standard InChI is InChI=1S/C34H36F4/c1-3-4-27-17-18-28(32(36)31(27)35)25-13-15-26(16-14-25)30-20-19-29(33(37)34(30)38)24-11-9-23(10-12-24)22-7-5-21(2)6-8-22/h11,13-23H,3-10,12H2,1-2H3. The zero-order valence-corrected chi connectivity index (χ0v) is 22.3. The third kappa shape index (κ3) is 5.32. The van der Waals surface area contributed by atoms with Crippen LogP contribution in [-0.4, -0.2) is 0 Å². The number of allylic oxidation sites excluding steroid dienone is 2. The van der Waals surface area contributed by atoms with Gasteiger partial charge < -0.3 is 0 Å². The molecule has 0 bridgehead atoms. The predicted molar refractivity (Wildman–Crippen MR) is 148 cm³/mol. The van der Waals surface area contributed by atoms with Gasteiger partial charge >= 0.3 is 0 Å². The summed E-state index contributed by atoms with van der Waals surface area (Å²) >= 11 is 0. The zero-order chi connectivity index (χ0) is 26.8. The fourth-order valence-electron chi connectivity index (χ4n) is 6.41. The van der Waals surface area contributed by atoms with Crippen LogP contribution in [0.2, 0.25) is 0 Å². The highest BCUT2D eigenvalue weighted by atomic mass is 19.2. The summed E-state index contributed by atoms with van der Waals surface area (Å²) < 4.78 is 59.6. The van der Waals surface area contributed by atoms with Crippen molar-refractivity contribution in [3.8, 4) is 22.3 Å². The fraction of sp³-hybridized carbons (Fsp3) is 0.412. The molecule has 2 aliphatic rings. The first-order valence-electron chi connectivity index (χ1n) is 14.1. The minimum absolute atomic E-state index is 0.154. The lowest BCUT2D eigenvalue weighted by Gasteiger charge is -2.34. The topological polar surface area (TPSA) is 0 Å². The molecule has 1 fully saturated rings. The van der Waals surface area contributed by atoms with Crippen LogP contribution in [0.25, 0.3) is 27.8 Å². The van der Waals surface area contributed by atoms with Crippen LogP contribution < -0.4 is 0 Å². The summed E-state index contributed by atoms with van der Waals surface area (Å²) in [4.78, 5) is 0. The molecule has 3 aromatic carbocycles. The van der Waals surface area contributed by atoms with Crippen LogP contribution in [0, 0.1) is 41.0 Å². The summed E-state index contributed by atoms with van der Waals surface area (Å²) in [5.74, 6) is -1.16. The summed E-state index contributed by atoms with van der Waals surface area (Å²) in [6.45, 7) is 4.25. The molecular formula is C34H36F4. The molecule has 0 aromatic heterocycles. The minimum atomic E-state index is -0.883. The molecule has 0 aliphatic heterocycles. The molecule has 1 unspecified atom stereocenters. The van der Waals surface area contributed by atoms with Gasteiger partial charge in [0.1, 0.15) is 0 Å². The summed E-state index contributed by atoms with van der Waals surface area (Å²) in [5, 5.41) is 0. The Kier molecular flexibility index (Phi) is 8.07. The zero-order valence-electron chi connectivity index (χ0n) is 22.3. The third-order valence-electron chi connectivity index (χ3n) is 8.80. The molecule has 0 nitrogen and oxygen atoms in total. The maximum Gasteiger partial charge on any atom is 0.167 e. The van der Waals surface area contributed by atoms with Crippen LogP contribution in [0.5, 0.6) is 0 Å². The van der Waals surface area contributed by atoms with Crippen LogP contribution in [0.15, 0.2) is 54.6 Å². The van der Waals surface area contributed by atoms with Crippen LogP contribution >= 0.6 is 0 Å². The lowest BCUT2D eigenvalue weighted by molar-refractivity contribution is 0.202. The van der Waals surface area contributed by atoms with Gasteiger partial charge in [-0.2, -0.15) is 0 Å². The second-order valence-corrected chi connectivity index (χ2v) is 11.3. The van der Waals surface area contributed by atoms with E-state index in [1.807, 2.05) is 6.92 Å². The van der Waals surface area contributed by atoms with Crippen LogP contribution in [0.1, 0.15) is 76.3 Å². The Morgan fingerprint density at radius 2 is 1.18 bits per heavy atom. The van der Waals surface area contributed by atoms with Gasteiger partial charge in [-0.3, -0.25) is 0 Å². The van der Waals surface area contributed by atoms with E-state index in [4.69, 9.17) is 0 Å². The van der Waals surface area contributed by atoms with E-state index < -0.39 is 23.3 Å². The molecule has 1 saturated carbocycles. The first kappa shape index (κ1) is 26.7. The molecule has 4 heteroatoms. The Labute approximate surface area is 223 Å². The van der Waals surface area contributed by atoms with Crippen molar-refractivity contribution in [2.24, 2.45) is 17.8 Å². The maximum atomic E-state index is 15.3. The SMILES string of the molecule is CCCc1ccc(-c2ccc(-c3ccc(C4=CCC(C5CCC(C)CC5)CC4)c(F)c3F)cc2)c(F)c1F. The van der Waals surface area contributed by atoms with Gasteiger partial charge in [0, 0.05) is 16.7 Å². The molecule has 0 radical (unpaired) electrons. The van der Waals surface area contributed by atoms with Crippen LogP contribution in [0.3, 0.4) is 0 Å². The molecule has 0 heterocycles. The molecular weight excluding hydrogens is 484 g/mol. The van der Waals surface area contributed by atoms with Gasteiger partial charge in [0.05, 0.1) is 0 Å². The fourth-order valence-corrected chi connectivity index (χ4v) is 6.41. The quantitative estimate of drug-likeness (QED) is 0.284. The number of aryl methyl sites for hydroxylation is 1. The highest BCUT2D eigenvalue weighted by Crippen LogP contribution is 2.42. The van der Waals surface area contributed by atoms with Gasteiger partial charge in [-0.1, -0.05) is 87.7 Å². The van der Waals surface area contributed by atoms with Gasteiger partial charge in [-0.15, -0.1) is 0 Å². The largest absolute Gasteiger partial charge is 0.203 e. The van der Waals surface area contributed by atoms with Crippen molar-refractivity contribution in [3.63, 3.8) is 0 Å². The second-order valence-electron chi connectivity index (χ2n) is 11.3. The minimum Gasteiger partial charge on any atom is -0.203 e. The average molecular weight is 521 g/mol. The average Bonchev–Trinajstić information content (AvgIpc) is 2.94. The lowest BCUT2D eigenvalue weighted by Crippen LogP contribution is -2.22. The van der Waals surface area contributed by atoms with Crippen molar-refractivity contribution in [3.05, 3.63) is 89.0 Å². The van der Waals surface area contributed by atoms with Crippen molar-refractivity contribution in [1.82, 2.24) is 0 Å². The Morgan fingerprint density at radius 3 is 1.76 bits per heavy atom. The van der Waals surface area contributed by atoms with Crippen molar-refractivity contribution in [2.45, 2.75) is 71.6 Å². The Bertz CT molecular complexity index is 1310. The van der Waals surface area contributed by atoms with E-state index in [0.29, 0.717) is 34.6 Å². The Hall–Kier alpha value is -2.88. The van der Waals surface area contributed by atoms with E-state index in [1.165, 1.54) is 25.7 Å². The highest BCUT2D eigenvalue weighted by molar-refractivity contribution is 5.74. The van der Waals surface area contributed by atoms with E-state index >= 15 is 8.78 Å². The molecule has 200 valence electrons. The third-order valence-corrected chi connectivity index (χ3v) is 8.80. The molecule has 38 heavy (non-hydrogen) atoms. The van der Waals surface area contributed by atoms with E-state index in [1.54, 1.807) is 48.5 Å². The monoisotopic (exact) mass is 520 g/mol. The van der Waals surface area contributed by atoms with Crippen molar-refractivity contribution < 1.29 is 17.6 Å². The van der Waals surface area contributed by atoms with Crippen LogP contribution in [0.4, 0.5) is 17.6 Å². The predicted octanol–water partition coefficient (Wildman–Crippen LogP) is 10.5. The first-order valence-corrected chi connectivity index (χ1v) is 14.1. The number of halogens is 4. The molecule has 0 saturated heterocycles. The summed E-state index contributed by atoms with van der Waals surface area (Å²) in [7, 11) is 0. The van der Waals surface area contributed by atoms with Crippen molar-refractivity contribution >= 4 is 5.57 Å². The summed E-state index contributed by atoms with van der Waals surface area (Å²) in [6, 6.07) is 13.0. The molecule has 1 atom stereocenters. The van der Waals surface area contributed by atoms with E-state index in [-0.39, 0.29) is 11.1 Å². The highest BCUT2D eigenvalue weighted by Gasteiger charge is 2.28. The van der Waals surface area contributed by atoms with E-state index in [2.05, 4.69) is 13.0 Å². The number of hydrogen-bond donors (Lipinski definition) is 0. The van der Waals surface area contributed by atoms with Gasteiger partial charge in [0.25, 0.3) is 0 Å². The Morgan fingerprint density at radius 1 is 0.632 bits per heavy atom. The van der Waals surface area contributed by atoms with Gasteiger partial charge in [0.15, 0.2) is 23.3 Å². The maximum absolute atomic E-state index is 15.3. The van der Waals surface area contributed by atoms with E-state index in [9.17, 15) is 8.78 Å². The second kappa shape index (κ2) is 11.5. The van der Waals surface area contributed by atoms with Gasteiger partial charge in [0.2, 0.25) is 0 Å². The lowest BCUT2D eigenvalue weighted by atomic mass is 9.71. The first-order chi connectivity index (χ1) is 18.4. The molecule has 0 spiro atoms. The number of hydrogen-bond acceptors (Lipinski definition) is 0. The van der Waals surface area contributed by atoms with Crippen LogP contribution in [-0.2, 0) is 6.42 Å². The summed E-state index contributed by atoms with van der Waals surface area (Å²) in [5.41, 5.74) is 2.89. The van der Waals surface area contributed by atoms with E-state index in [0.717, 1.165) is 43.1 Å². The number of rotatable bonds is 6. The molecule has 0 amide bonds. The van der Waals surface area contributed by atoms with Gasteiger partial charge in [-0.25, -0.2) is 17.6 Å². The Balaban J connectivity index is 1.33. The van der Waals surface area contributed by atoms with Crippen molar-refractivity contribution in [1.29, 1.82) is 0 Å². The summed E-state index contributed by atoms with van der Waals surface area (Å²) in [6.07, 6.45) is 11.3. The normalized spacial score (nSPS) is 21.8. The molecule has 0 N–H and O–H groups in total. The number of benzene rings is 3. The molecule has 3 aromatic rings.